The second kappa shape index (κ2) is 21.4. The SMILES string of the molecule is c1ccc(-c2cccc(-c3nc(-c4ccccc4)nc(-c4cccc(-c5cccc(-c6cccc(-c7cccc(-c8nc(-c9cccc(-c%10ccccc%10)c9)nc(-c9cccc(-c%10ccccc%10)c9)n8)c7)c6)c5)c4)n3)c2)cc1. The van der Waals surface area contributed by atoms with Crippen molar-refractivity contribution in [3.8, 4) is 135 Å². The van der Waals surface area contributed by atoms with Crippen LogP contribution in [-0.4, -0.2) is 29.9 Å². The zero-order chi connectivity index (χ0) is 52.0. The van der Waals surface area contributed by atoms with Crippen LogP contribution in [0.4, 0.5) is 0 Å². The third kappa shape index (κ3) is 10.2. The molecule has 0 radical (unpaired) electrons. The first-order valence-corrected chi connectivity index (χ1v) is 26.1. The first-order valence-electron chi connectivity index (χ1n) is 26.1. The van der Waals surface area contributed by atoms with Crippen LogP contribution in [0.25, 0.3) is 135 Å². The van der Waals surface area contributed by atoms with E-state index in [-0.39, 0.29) is 0 Å². The molecule has 11 aromatic carbocycles. The molecule has 78 heavy (non-hydrogen) atoms. The topological polar surface area (TPSA) is 77.3 Å². The van der Waals surface area contributed by atoms with Gasteiger partial charge in [0.05, 0.1) is 0 Å². The molecule has 0 N–H and O–H groups in total. The highest BCUT2D eigenvalue weighted by Crippen LogP contribution is 2.36. The summed E-state index contributed by atoms with van der Waals surface area (Å²) in [6, 6.07) is 101. The van der Waals surface area contributed by atoms with Crippen molar-refractivity contribution in [3.05, 3.63) is 291 Å². The summed E-state index contributed by atoms with van der Waals surface area (Å²) in [6.07, 6.45) is 0. The predicted octanol–water partition coefficient (Wildman–Crippen LogP) is 18.1. The molecule has 366 valence electrons. The second-order valence-electron chi connectivity index (χ2n) is 19.1. The zero-order valence-electron chi connectivity index (χ0n) is 42.4. The van der Waals surface area contributed by atoms with Gasteiger partial charge in [-0.15, -0.1) is 0 Å². The molecule has 13 aromatic rings. The van der Waals surface area contributed by atoms with Crippen LogP contribution in [0.3, 0.4) is 0 Å². The van der Waals surface area contributed by atoms with E-state index in [0.717, 1.165) is 100 Å². The van der Waals surface area contributed by atoms with Crippen LogP contribution < -0.4 is 0 Å². The minimum atomic E-state index is 0.597. The molecule has 0 saturated carbocycles. The Morgan fingerprint density at radius 1 is 0.115 bits per heavy atom. The average Bonchev–Trinajstić information content (AvgIpc) is 3.57. The van der Waals surface area contributed by atoms with Crippen molar-refractivity contribution in [2.75, 3.05) is 0 Å². The fourth-order valence-electron chi connectivity index (χ4n) is 9.95. The highest BCUT2D eigenvalue weighted by molar-refractivity contribution is 5.81. The molecule has 6 heteroatoms. The van der Waals surface area contributed by atoms with Crippen LogP contribution in [0.2, 0.25) is 0 Å². The first-order chi connectivity index (χ1) is 38.6. The van der Waals surface area contributed by atoms with Crippen molar-refractivity contribution < 1.29 is 0 Å². The molecule has 0 aliphatic rings. The van der Waals surface area contributed by atoms with E-state index in [2.05, 4.69) is 243 Å². The molecule has 6 nitrogen and oxygen atoms in total. The van der Waals surface area contributed by atoms with Crippen molar-refractivity contribution in [3.63, 3.8) is 0 Å². The molecule has 2 aromatic heterocycles. The molecule has 0 aliphatic heterocycles. The van der Waals surface area contributed by atoms with E-state index in [1.807, 2.05) is 48.5 Å². The minimum absolute atomic E-state index is 0.597. The fourth-order valence-corrected chi connectivity index (χ4v) is 9.95. The van der Waals surface area contributed by atoms with Gasteiger partial charge >= 0.3 is 0 Å². The number of hydrogen-bond acceptors (Lipinski definition) is 6. The van der Waals surface area contributed by atoms with Crippen molar-refractivity contribution in [2.24, 2.45) is 0 Å². The molecule has 0 atom stereocenters. The van der Waals surface area contributed by atoms with Gasteiger partial charge < -0.3 is 0 Å². The monoisotopic (exact) mass is 996 g/mol. The maximum atomic E-state index is 5.20. The smallest absolute Gasteiger partial charge is 0.164 e. The van der Waals surface area contributed by atoms with Crippen LogP contribution >= 0.6 is 0 Å². The fraction of sp³-hybridized carbons (Fsp3) is 0. The van der Waals surface area contributed by atoms with Gasteiger partial charge in [0.1, 0.15) is 0 Å². The predicted molar refractivity (Wildman–Crippen MR) is 318 cm³/mol. The molecular formula is C72H48N6. The van der Waals surface area contributed by atoms with Crippen molar-refractivity contribution in [1.29, 1.82) is 0 Å². The molecular weight excluding hydrogens is 949 g/mol. The Labute approximate surface area is 453 Å². The molecule has 0 unspecified atom stereocenters. The van der Waals surface area contributed by atoms with E-state index >= 15 is 0 Å². The zero-order valence-corrected chi connectivity index (χ0v) is 42.4. The van der Waals surface area contributed by atoms with Gasteiger partial charge in [-0.05, 0) is 109 Å². The molecule has 2 heterocycles. The van der Waals surface area contributed by atoms with Gasteiger partial charge in [0, 0.05) is 33.4 Å². The van der Waals surface area contributed by atoms with E-state index in [1.54, 1.807) is 0 Å². The van der Waals surface area contributed by atoms with Gasteiger partial charge in [0.25, 0.3) is 0 Å². The van der Waals surface area contributed by atoms with Gasteiger partial charge in [-0.1, -0.05) is 249 Å². The maximum absolute atomic E-state index is 5.20. The number of aromatic nitrogens is 6. The normalized spacial score (nSPS) is 11.1. The quantitative estimate of drug-likeness (QED) is 0.121. The molecule has 0 amide bonds. The Hall–Kier alpha value is -10.6. The minimum Gasteiger partial charge on any atom is -0.208 e. The van der Waals surface area contributed by atoms with Gasteiger partial charge in [0.15, 0.2) is 34.9 Å². The highest BCUT2D eigenvalue weighted by Gasteiger charge is 2.17. The molecule has 0 saturated heterocycles. The molecule has 0 spiro atoms. The maximum Gasteiger partial charge on any atom is 0.164 e. The lowest BCUT2D eigenvalue weighted by molar-refractivity contribution is 1.07. The Morgan fingerprint density at radius 3 is 0.474 bits per heavy atom. The second-order valence-corrected chi connectivity index (χ2v) is 19.1. The summed E-state index contributed by atoms with van der Waals surface area (Å²) in [4.78, 5) is 30.8. The number of benzene rings is 11. The standard InChI is InChI=1S/C72H48N6/c1-5-20-49(21-6-1)53-28-15-37-62(44-53)68-73-67(52-26-11-4-12-27-52)74-69(75-68)65-40-18-35-60(47-65)58-33-13-31-56(42-58)57-32-14-34-59(43-57)61-36-19-41-66(48-61)72-77-70(63-38-16-29-54(45-63)50-22-7-2-8-23-50)76-71(78-72)64-39-17-30-55(46-64)51-24-9-3-10-25-51/h1-48H. The van der Waals surface area contributed by atoms with E-state index < -0.39 is 0 Å². The van der Waals surface area contributed by atoms with Crippen LogP contribution in [0.1, 0.15) is 0 Å². The summed E-state index contributed by atoms with van der Waals surface area (Å²) < 4.78 is 0. The Morgan fingerprint density at radius 2 is 0.256 bits per heavy atom. The van der Waals surface area contributed by atoms with Crippen LogP contribution in [-0.2, 0) is 0 Å². The largest absolute Gasteiger partial charge is 0.208 e. The van der Waals surface area contributed by atoms with Crippen LogP contribution in [0.5, 0.6) is 0 Å². The van der Waals surface area contributed by atoms with E-state index in [4.69, 9.17) is 29.9 Å². The summed E-state index contributed by atoms with van der Waals surface area (Å²) >= 11 is 0. The lowest BCUT2D eigenvalue weighted by atomic mass is 9.95. The lowest BCUT2D eigenvalue weighted by Crippen LogP contribution is -2.00. The van der Waals surface area contributed by atoms with Crippen molar-refractivity contribution >= 4 is 0 Å². The first kappa shape index (κ1) is 47.2. The summed E-state index contributed by atoms with van der Waals surface area (Å²) in [7, 11) is 0. The number of hydrogen-bond donors (Lipinski definition) is 0. The van der Waals surface area contributed by atoms with Gasteiger partial charge in [0.2, 0.25) is 0 Å². The van der Waals surface area contributed by atoms with E-state index in [9.17, 15) is 0 Å². The van der Waals surface area contributed by atoms with Crippen LogP contribution in [0.15, 0.2) is 291 Å². The van der Waals surface area contributed by atoms with E-state index in [0.29, 0.717) is 34.9 Å². The van der Waals surface area contributed by atoms with Gasteiger partial charge in [-0.3, -0.25) is 0 Å². The molecule has 0 bridgehead atoms. The van der Waals surface area contributed by atoms with Crippen molar-refractivity contribution in [1.82, 2.24) is 29.9 Å². The number of rotatable bonds is 12. The van der Waals surface area contributed by atoms with Crippen molar-refractivity contribution in [2.45, 2.75) is 0 Å². The molecule has 0 aliphatic carbocycles. The third-order valence-electron chi connectivity index (χ3n) is 14.0. The summed E-state index contributed by atoms with van der Waals surface area (Å²) in [5.74, 6) is 3.66. The summed E-state index contributed by atoms with van der Waals surface area (Å²) in [6.45, 7) is 0. The van der Waals surface area contributed by atoms with Gasteiger partial charge in [-0.2, -0.15) is 0 Å². The molecule has 0 fully saturated rings. The van der Waals surface area contributed by atoms with E-state index in [1.165, 1.54) is 0 Å². The number of nitrogens with zero attached hydrogens (tertiary/aromatic N) is 6. The molecule has 13 rings (SSSR count). The Bertz CT molecular complexity index is 4160. The van der Waals surface area contributed by atoms with Crippen LogP contribution in [0, 0.1) is 0 Å². The summed E-state index contributed by atoms with van der Waals surface area (Å²) in [5.41, 5.74) is 18.6. The lowest BCUT2D eigenvalue weighted by Gasteiger charge is -2.12. The Kier molecular flexibility index (Phi) is 12.9. The third-order valence-corrected chi connectivity index (χ3v) is 14.0. The Balaban J connectivity index is 0.830. The summed E-state index contributed by atoms with van der Waals surface area (Å²) in [5, 5.41) is 0. The van der Waals surface area contributed by atoms with Gasteiger partial charge in [-0.25, -0.2) is 29.9 Å². The highest BCUT2D eigenvalue weighted by atomic mass is 15.0. The average molecular weight is 997 g/mol.